The van der Waals surface area contributed by atoms with Gasteiger partial charge >= 0.3 is 0 Å². The van der Waals surface area contributed by atoms with Crippen LogP contribution in [0.1, 0.15) is 60.7 Å². The first-order valence-electron chi connectivity index (χ1n) is 12.0. The zero-order chi connectivity index (χ0) is 23.0. The summed E-state index contributed by atoms with van der Waals surface area (Å²) in [6.07, 6.45) is 8.02. The van der Waals surface area contributed by atoms with Crippen molar-refractivity contribution in [3.63, 3.8) is 0 Å². The topological polar surface area (TPSA) is 75.5 Å². The molecule has 1 saturated heterocycles. The van der Waals surface area contributed by atoms with E-state index < -0.39 is 10.0 Å². The van der Waals surface area contributed by atoms with Gasteiger partial charge in [-0.15, -0.1) is 0 Å². The van der Waals surface area contributed by atoms with Crippen LogP contribution in [0, 0.1) is 0 Å². The number of rotatable bonds is 5. The van der Waals surface area contributed by atoms with Crippen LogP contribution in [0.2, 0.25) is 5.02 Å². The highest BCUT2D eigenvalue weighted by Gasteiger charge is 2.30. The molecule has 9 heteroatoms. The fourth-order valence-corrected chi connectivity index (χ4v) is 7.02. The maximum absolute atomic E-state index is 12.9. The molecule has 3 aliphatic heterocycles. The molecular formula is C24H31ClN4O3S. The number of hydrogen-bond donors (Lipinski definition) is 0. The van der Waals surface area contributed by atoms with Crippen molar-refractivity contribution in [1.82, 2.24) is 18.8 Å². The van der Waals surface area contributed by atoms with Gasteiger partial charge in [-0.3, -0.25) is 4.79 Å². The minimum Gasteiger partial charge on any atom is -0.343 e. The number of carbonyl (C=O) groups excluding carboxylic acids is 1. The zero-order valence-corrected chi connectivity index (χ0v) is 20.5. The Morgan fingerprint density at radius 1 is 1.06 bits per heavy atom. The minimum absolute atomic E-state index is 0.0407. The molecular weight excluding hydrogens is 460 g/mol. The second-order valence-electron chi connectivity index (χ2n) is 9.43. The highest BCUT2D eigenvalue weighted by molar-refractivity contribution is 7.89. The summed E-state index contributed by atoms with van der Waals surface area (Å²) in [6, 6.07) is 5.60. The Kier molecular flexibility index (Phi) is 6.51. The van der Waals surface area contributed by atoms with Crippen molar-refractivity contribution in [3.05, 3.63) is 52.1 Å². The lowest BCUT2D eigenvalue weighted by Crippen LogP contribution is -2.41. The summed E-state index contributed by atoms with van der Waals surface area (Å²) >= 11 is 6.05. The summed E-state index contributed by atoms with van der Waals surface area (Å²) in [5.41, 5.74) is 3.41. The molecule has 0 N–H and O–H groups in total. The number of nitrogens with zero attached hydrogens (tertiary/aromatic N) is 4. The number of fused-ring (bicyclic) bond motifs is 2. The van der Waals surface area contributed by atoms with Gasteiger partial charge in [0, 0.05) is 68.4 Å². The van der Waals surface area contributed by atoms with Crippen LogP contribution in [0.5, 0.6) is 0 Å². The largest absolute Gasteiger partial charge is 0.343 e. The molecule has 0 atom stereocenters. The SMILES string of the molecule is O=C(CCS(=O)(=O)N1CCc2cc(Cl)ccc2C1)N1CCC(c2cnc3n2CCCC3)CC1. The number of piperidine rings is 1. The predicted octanol–water partition coefficient (Wildman–Crippen LogP) is 3.36. The van der Waals surface area contributed by atoms with E-state index in [-0.39, 0.29) is 18.1 Å². The van der Waals surface area contributed by atoms with Crippen LogP contribution in [0.15, 0.2) is 24.4 Å². The molecule has 0 spiro atoms. The normalized spacial score (nSPS) is 19.8. The van der Waals surface area contributed by atoms with E-state index in [2.05, 4.69) is 9.55 Å². The lowest BCUT2D eigenvalue weighted by Gasteiger charge is -2.33. The summed E-state index contributed by atoms with van der Waals surface area (Å²) in [5, 5.41) is 0.674. The molecule has 0 aliphatic carbocycles. The third kappa shape index (κ3) is 4.84. The second-order valence-corrected chi connectivity index (χ2v) is 12.0. The monoisotopic (exact) mass is 490 g/mol. The van der Waals surface area contributed by atoms with Crippen LogP contribution in [0.25, 0.3) is 0 Å². The first kappa shape index (κ1) is 22.9. The Bertz CT molecular complexity index is 1140. The van der Waals surface area contributed by atoms with Crippen molar-refractivity contribution in [2.75, 3.05) is 25.4 Å². The minimum atomic E-state index is -3.49. The molecule has 1 aromatic carbocycles. The highest BCUT2D eigenvalue weighted by atomic mass is 35.5. The van der Waals surface area contributed by atoms with Crippen LogP contribution in [0.3, 0.4) is 0 Å². The molecule has 0 radical (unpaired) electrons. The molecule has 1 fully saturated rings. The third-order valence-electron chi connectivity index (χ3n) is 7.38. The maximum atomic E-state index is 12.9. The van der Waals surface area contributed by atoms with E-state index in [1.54, 1.807) is 6.07 Å². The lowest BCUT2D eigenvalue weighted by atomic mass is 9.93. The summed E-state index contributed by atoms with van der Waals surface area (Å²) in [7, 11) is -3.49. The highest BCUT2D eigenvalue weighted by Crippen LogP contribution is 2.31. The molecule has 178 valence electrons. The van der Waals surface area contributed by atoms with Crippen molar-refractivity contribution < 1.29 is 13.2 Å². The smallest absolute Gasteiger partial charge is 0.223 e. The molecule has 4 heterocycles. The van der Waals surface area contributed by atoms with Crippen LogP contribution in [0.4, 0.5) is 0 Å². The fraction of sp³-hybridized carbons (Fsp3) is 0.583. The molecule has 0 unspecified atom stereocenters. The number of sulfonamides is 1. The molecule has 0 bridgehead atoms. The molecule has 2 aromatic rings. The van der Waals surface area contributed by atoms with Gasteiger partial charge in [-0.2, -0.15) is 4.31 Å². The Balaban J connectivity index is 1.13. The average molecular weight is 491 g/mol. The molecule has 1 aromatic heterocycles. The summed E-state index contributed by atoms with van der Waals surface area (Å²) in [5.74, 6) is 1.43. The number of amides is 1. The van der Waals surface area contributed by atoms with Gasteiger partial charge in [-0.1, -0.05) is 17.7 Å². The summed E-state index contributed by atoms with van der Waals surface area (Å²) in [6.45, 7) is 3.20. The molecule has 1 amide bonds. The maximum Gasteiger partial charge on any atom is 0.223 e. The van der Waals surface area contributed by atoms with Crippen molar-refractivity contribution in [1.29, 1.82) is 0 Å². The molecule has 3 aliphatic rings. The number of carbonyl (C=O) groups is 1. The second kappa shape index (κ2) is 9.39. The van der Waals surface area contributed by atoms with Gasteiger partial charge in [0.2, 0.25) is 15.9 Å². The quantitative estimate of drug-likeness (QED) is 0.644. The Hall–Kier alpha value is -1.90. The van der Waals surface area contributed by atoms with E-state index in [1.807, 2.05) is 23.2 Å². The fourth-order valence-electron chi connectivity index (χ4n) is 5.43. The van der Waals surface area contributed by atoms with Gasteiger partial charge in [0.1, 0.15) is 5.82 Å². The number of aryl methyl sites for hydroxylation is 1. The number of likely N-dealkylation sites (tertiary alicyclic amines) is 1. The van der Waals surface area contributed by atoms with Gasteiger partial charge in [-0.25, -0.2) is 13.4 Å². The van der Waals surface area contributed by atoms with Crippen molar-refractivity contribution in [3.8, 4) is 0 Å². The number of hydrogen-bond acceptors (Lipinski definition) is 4. The van der Waals surface area contributed by atoms with E-state index >= 15 is 0 Å². The van der Waals surface area contributed by atoms with Gasteiger partial charge in [0.05, 0.1) is 5.75 Å². The van der Waals surface area contributed by atoms with Gasteiger partial charge < -0.3 is 9.47 Å². The predicted molar refractivity (Wildman–Crippen MR) is 128 cm³/mol. The number of halogens is 1. The molecule has 0 saturated carbocycles. The van der Waals surface area contributed by atoms with Crippen molar-refractivity contribution in [2.45, 2.75) is 64.0 Å². The number of aromatic nitrogens is 2. The van der Waals surface area contributed by atoms with Gasteiger partial charge in [-0.05, 0) is 55.4 Å². The van der Waals surface area contributed by atoms with E-state index in [4.69, 9.17) is 11.6 Å². The molecule has 33 heavy (non-hydrogen) atoms. The van der Waals surface area contributed by atoms with Crippen molar-refractivity contribution in [2.24, 2.45) is 0 Å². The number of benzene rings is 1. The standard InChI is InChI=1S/C24H31ClN4O3S/c25-21-5-4-20-17-28(13-8-19(20)15-21)33(31,32)14-9-24(30)27-11-6-18(7-12-27)22-16-26-23-3-1-2-10-29(22)23/h4-5,15-16,18H,1-3,6-14,17H2. The number of imidazole rings is 1. The molecule has 7 nitrogen and oxygen atoms in total. The van der Waals surface area contributed by atoms with E-state index in [9.17, 15) is 13.2 Å². The Morgan fingerprint density at radius 3 is 2.70 bits per heavy atom. The summed E-state index contributed by atoms with van der Waals surface area (Å²) in [4.78, 5) is 19.3. The average Bonchev–Trinajstić information content (AvgIpc) is 3.26. The first-order valence-corrected chi connectivity index (χ1v) is 14.0. The molecule has 5 rings (SSSR count). The van der Waals surface area contributed by atoms with Crippen LogP contribution in [-0.4, -0.2) is 58.5 Å². The van der Waals surface area contributed by atoms with Gasteiger partial charge in [0.25, 0.3) is 0 Å². The van der Waals surface area contributed by atoms with Gasteiger partial charge in [0.15, 0.2) is 0 Å². The third-order valence-corrected chi connectivity index (χ3v) is 9.43. The van der Waals surface area contributed by atoms with Crippen LogP contribution < -0.4 is 0 Å². The Labute approximate surface area is 200 Å². The Morgan fingerprint density at radius 2 is 1.88 bits per heavy atom. The summed E-state index contributed by atoms with van der Waals surface area (Å²) < 4.78 is 29.7. The van der Waals surface area contributed by atoms with Crippen LogP contribution >= 0.6 is 11.6 Å². The van der Waals surface area contributed by atoms with E-state index in [1.165, 1.54) is 28.7 Å². The first-order chi connectivity index (χ1) is 15.9. The van der Waals surface area contributed by atoms with Crippen molar-refractivity contribution >= 4 is 27.5 Å². The lowest BCUT2D eigenvalue weighted by molar-refractivity contribution is -0.131. The van der Waals surface area contributed by atoms with E-state index in [0.717, 1.165) is 36.9 Å². The van der Waals surface area contributed by atoms with Crippen LogP contribution in [-0.2, 0) is 40.7 Å². The van der Waals surface area contributed by atoms with E-state index in [0.29, 0.717) is 43.5 Å². The zero-order valence-electron chi connectivity index (χ0n) is 18.9.